The lowest BCUT2D eigenvalue weighted by Gasteiger charge is -2.36. The van der Waals surface area contributed by atoms with Crippen molar-refractivity contribution in [3.8, 4) is 11.4 Å². The van der Waals surface area contributed by atoms with Crippen molar-refractivity contribution >= 4 is 28.8 Å². The minimum Gasteiger partial charge on any atom is -0.339 e. The SMILES string of the molecule is O=C(c1ccc(Cl)s1)N1CC(c2nc(-c3ccccc3)no2)C1. The van der Waals surface area contributed by atoms with Crippen molar-refractivity contribution in [2.45, 2.75) is 5.92 Å². The number of halogens is 1. The fourth-order valence-electron chi connectivity index (χ4n) is 2.49. The highest BCUT2D eigenvalue weighted by Gasteiger charge is 2.36. The highest BCUT2D eigenvalue weighted by Crippen LogP contribution is 2.30. The minimum atomic E-state index is 0.000878. The van der Waals surface area contributed by atoms with Crippen LogP contribution in [0.1, 0.15) is 21.5 Å². The fourth-order valence-corrected chi connectivity index (χ4v) is 3.50. The van der Waals surface area contributed by atoms with Crippen LogP contribution >= 0.6 is 22.9 Å². The standard InChI is InChI=1S/C16H12ClN3O2S/c17-13-7-6-12(23-13)16(21)20-8-11(9-20)15-18-14(19-22-15)10-4-2-1-3-5-10/h1-7,11H,8-9H2. The number of carbonyl (C=O) groups is 1. The van der Waals surface area contributed by atoms with Gasteiger partial charge in [-0.25, -0.2) is 0 Å². The van der Waals surface area contributed by atoms with Gasteiger partial charge in [-0.15, -0.1) is 11.3 Å². The molecule has 1 amide bonds. The first-order valence-electron chi connectivity index (χ1n) is 7.14. The van der Waals surface area contributed by atoms with Gasteiger partial charge in [0, 0.05) is 18.7 Å². The number of nitrogens with zero attached hydrogens (tertiary/aromatic N) is 3. The first-order valence-corrected chi connectivity index (χ1v) is 8.34. The zero-order valence-electron chi connectivity index (χ0n) is 12.0. The van der Waals surface area contributed by atoms with Gasteiger partial charge in [-0.2, -0.15) is 4.98 Å². The van der Waals surface area contributed by atoms with E-state index in [4.69, 9.17) is 16.1 Å². The maximum Gasteiger partial charge on any atom is 0.264 e. The smallest absolute Gasteiger partial charge is 0.264 e. The second-order valence-corrected chi connectivity index (χ2v) is 7.05. The molecule has 1 aliphatic heterocycles. The molecule has 0 unspecified atom stereocenters. The van der Waals surface area contributed by atoms with Crippen molar-refractivity contribution in [1.29, 1.82) is 0 Å². The Balaban J connectivity index is 1.42. The van der Waals surface area contributed by atoms with E-state index in [0.717, 1.165) is 5.56 Å². The van der Waals surface area contributed by atoms with Crippen molar-refractivity contribution in [2.75, 3.05) is 13.1 Å². The lowest BCUT2D eigenvalue weighted by molar-refractivity contribution is 0.0574. The maximum atomic E-state index is 12.3. The number of thiophene rings is 1. The lowest BCUT2D eigenvalue weighted by Crippen LogP contribution is -2.48. The lowest BCUT2D eigenvalue weighted by atomic mass is 10.00. The van der Waals surface area contributed by atoms with Crippen LogP contribution in [0.5, 0.6) is 0 Å². The van der Waals surface area contributed by atoms with Crippen LogP contribution in [0.4, 0.5) is 0 Å². The molecule has 3 heterocycles. The molecule has 0 aliphatic carbocycles. The van der Waals surface area contributed by atoms with E-state index in [1.807, 2.05) is 30.3 Å². The number of aromatic nitrogens is 2. The quantitative estimate of drug-likeness (QED) is 0.726. The molecule has 5 nitrogen and oxygen atoms in total. The van der Waals surface area contributed by atoms with Crippen molar-refractivity contribution in [3.63, 3.8) is 0 Å². The highest BCUT2D eigenvalue weighted by molar-refractivity contribution is 7.17. The van der Waals surface area contributed by atoms with E-state index >= 15 is 0 Å². The van der Waals surface area contributed by atoms with E-state index in [9.17, 15) is 4.79 Å². The predicted molar refractivity (Wildman–Crippen MR) is 87.7 cm³/mol. The Morgan fingerprint density at radius 3 is 2.70 bits per heavy atom. The van der Waals surface area contributed by atoms with Gasteiger partial charge in [0.15, 0.2) is 0 Å². The molecule has 7 heteroatoms. The summed E-state index contributed by atoms with van der Waals surface area (Å²) in [5.74, 6) is 1.26. The molecule has 0 radical (unpaired) electrons. The van der Waals surface area contributed by atoms with Gasteiger partial charge in [-0.3, -0.25) is 4.79 Å². The molecular formula is C16H12ClN3O2S. The van der Waals surface area contributed by atoms with Crippen LogP contribution in [-0.4, -0.2) is 34.0 Å². The van der Waals surface area contributed by atoms with Crippen LogP contribution in [0, 0.1) is 0 Å². The van der Waals surface area contributed by atoms with Gasteiger partial charge in [-0.05, 0) is 12.1 Å². The first-order chi connectivity index (χ1) is 11.2. The molecule has 0 spiro atoms. The zero-order chi connectivity index (χ0) is 15.8. The third-order valence-corrected chi connectivity index (χ3v) is 4.99. The maximum absolute atomic E-state index is 12.3. The molecule has 1 aliphatic rings. The van der Waals surface area contributed by atoms with Gasteiger partial charge in [-0.1, -0.05) is 47.1 Å². The number of hydrogen-bond donors (Lipinski definition) is 0. The van der Waals surface area contributed by atoms with E-state index in [-0.39, 0.29) is 11.8 Å². The summed E-state index contributed by atoms with van der Waals surface area (Å²) in [7, 11) is 0. The number of hydrogen-bond acceptors (Lipinski definition) is 5. The van der Waals surface area contributed by atoms with Crippen molar-refractivity contribution in [2.24, 2.45) is 0 Å². The molecule has 1 aromatic carbocycles. The van der Waals surface area contributed by atoms with E-state index in [2.05, 4.69) is 10.1 Å². The van der Waals surface area contributed by atoms with Crippen LogP contribution in [0.15, 0.2) is 47.0 Å². The molecule has 0 bridgehead atoms. The summed E-state index contributed by atoms with van der Waals surface area (Å²) in [6.45, 7) is 1.18. The third-order valence-electron chi connectivity index (χ3n) is 3.78. The summed E-state index contributed by atoms with van der Waals surface area (Å²) < 4.78 is 5.96. The summed E-state index contributed by atoms with van der Waals surface area (Å²) in [6, 6.07) is 13.2. The molecule has 0 N–H and O–H groups in total. The molecule has 4 rings (SSSR count). The average Bonchev–Trinajstić information content (AvgIpc) is 3.16. The van der Waals surface area contributed by atoms with Gasteiger partial charge < -0.3 is 9.42 Å². The Bertz CT molecular complexity index is 840. The van der Waals surface area contributed by atoms with E-state index in [0.29, 0.717) is 34.0 Å². The Hall–Kier alpha value is -2.18. The Morgan fingerprint density at radius 1 is 1.22 bits per heavy atom. The number of likely N-dealkylation sites (tertiary alicyclic amines) is 1. The molecule has 0 atom stereocenters. The average molecular weight is 346 g/mol. The molecule has 3 aromatic rings. The van der Waals surface area contributed by atoms with Gasteiger partial charge >= 0.3 is 0 Å². The summed E-state index contributed by atoms with van der Waals surface area (Å²) in [6.07, 6.45) is 0. The zero-order valence-corrected chi connectivity index (χ0v) is 13.5. The second-order valence-electron chi connectivity index (χ2n) is 5.33. The summed E-state index contributed by atoms with van der Waals surface area (Å²) in [5, 5.41) is 4.02. The highest BCUT2D eigenvalue weighted by atomic mass is 35.5. The molecule has 0 saturated carbocycles. The second kappa shape index (κ2) is 5.79. The van der Waals surface area contributed by atoms with Crippen LogP contribution < -0.4 is 0 Å². The Labute approximate surface area is 141 Å². The summed E-state index contributed by atoms with van der Waals surface area (Å²) in [4.78, 5) is 19.1. The van der Waals surface area contributed by atoms with Crippen LogP contribution in [0.2, 0.25) is 4.34 Å². The topological polar surface area (TPSA) is 59.2 Å². The molecule has 116 valence electrons. The monoisotopic (exact) mass is 345 g/mol. The minimum absolute atomic E-state index is 0.000878. The number of benzene rings is 1. The molecule has 23 heavy (non-hydrogen) atoms. The van der Waals surface area contributed by atoms with Crippen LogP contribution in [-0.2, 0) is 0 Å². The van der Waals surface area contributed by atoms with Gasteiger partial charge in [0.1, 0.15) is 0 Å². The molecule has 1 saturated heterocycles. The molecule has 2 aromatic heterocycles. The van der Waals surface area contributed by atoms with Gasteiger partial charge in [0.25, 0.3) is 5.91 Å². The number of rotatable bonds is 3. The predicted octanol–water partition coefficient (Wildman–Crippen LogP) is 3.69. The van der Waals surface area contributed by atoms with E-state index in [1.165, 1.54) is 11.3 Å². The van der Waals surface area contributed by atoms with E-state index in [1.54, 1.807) is 17.0 Å². The van der Waals surface area contributed by atoms with Crippen LogP contribution in [0.25, 0.3) is 11.4 Å². The van der Waals surface area contributed by atoms with E-state index < -0.39 is 0 Å². The number of amides is 1. The first kappa shape index (κ1) is 14.4. The molecule has 1 fully saturated rings. The van der Waals surface area contributed by atoms with Crippen LogP contribution in [0.3, 0.4) is 0 Å². The number of carbonyl (C=O) groups excluding carboxylic acids is 1. The fraction of sp³-hybridized carbons (Fsp3) is 0.188. The Kier molecular flexibility index (Phi) is 3.63. The Morgan fingerprint density at radius 2 is 2.00 bits per heavy atom. The largest absolute Gasteiger partial charge is 0.339 e. The normalized spacial score (nSPS) is 14.7. The summed E-state index contributed by atoms with van der Waals surface area (Å²) in [5.41, 5.74) is 0.919. The molecular weight excluding hydrogens is 334 g/mol. The van der Waals surface area contributed by atoms with Gasteiger partial charge in [0.05, 0.1) is 15.1 Å². The van der Waals surface area contributed by atoms with Crippen molar-refractivity contribution in [1.82, 2.24) is 15.0 Å². The van der Waals surface area contributed by atoms with Crippen molar-refractivity contribution in [3.05, 3.63) is 57.6 Å². The summed E-state index contributed by atoms with van der Waals surface area (Å²) >= 11 is 7.17. The van der Waals surface area contributed by atoms with Crippen molar-refractivity contribution < 1.29 is 9.32 Å². The third kappa shape index (κ3) is 2.75. The van der Waals surface area contributed by atoms with Gasteiger partial charge in [0.2, 0.25) is 11.7 Å².